The minimum absolute atomic E-state index is 0.117. The Balaban J connectivity index is 3.38. The molecule has 0 spiro atoms. The maximum atomic E-state index is 11.5. The van der Waals surface area contributed by atoms with Gasteiger partial charge in [0.1, 0.15) is 0 Å². The molecule has 0 aromatic heterocycles. The number of allylic oxidation sites excluding steroid dienone is 1. The molecule has 0 saturated heterocycles. The molecule has 0 amide bonds. The first-order valence-electron chi connectivity index (χ1n) is 5.46. The molecule has 0 saturated carbocycles. The Morgan fingerprint density at radius 2 is 1.80 bits per heavy atom. The molecule has 1 N–H and O–H groups in total. The fraction of sp³-hybridized carbons (Fsp3) is 0.769. The molecule has 2 nitrogen and oxygen atoms in total. The van der Waals surface area contributed by atoms with Crippen LogP contribution < -0.4 is 0 Å². The highest BCUT2D eigenvalue weighted by molar-refractivity contribution is 5.92. The van der Waals surface area contributed by atoms with Crippen LogP contribution in [0.5, 0.6) is 0 Å². The van der Waals surface area contributed by atoms with Crippen molar-refractivity contribution in [2.75, 3.05) is 0 Å². The van der Waals surface area contributed by atoms with Gasteiger partial charge in [-0.05, 0) is 24.0 Å². The number of hydrogen-bond acceptors (Lipinski definition) is 2. The number of rotatable bonds is 0. The summed E-state index contributed by atoms with van der Waals surface area (Å²) in [5.74, 6) is 0.117. The third-order valence-corrected chi connectivity index (χ3v) is 3.63. The first kappa shape index (κ1) is 12.4. The van der Waals surface area contributed by atoms with Crippen LogP contribution in [0.3, 0.4) is 0 Å². The zero-order chi connectivity index (χ0) is 12.1. The largest absolute Gasteiger partial charge is 0.384 e. The van der Waals surface area contributed by atoms with Gasteiger partial charge in [-0.3, -0.25) is 4.79 Å². The lowest BCUT2D eigenvalue weighted by Crippen LogP contribution is -2.57. The fourth-order valence-corrected chi connectivity index (χ4v) is 3.10. The molecule has 1 unspecified atom stereocenters. The Morgan fingerprint density at radius 1 is 1.33 bits per heavy atom. The number of carbonyl (C=O) groups excluding carboxylic acids is 1. The summed E-state index contributed by atoms with van der Waals surface area (Å²) in [5, 5.41) is 10.9. The lowest BCUT2D eigenvalue weighted by Gasteiger charge is -2.53. The van der Waals surface area contributed by atoms with Crippen LogP contribution in [0, 0.1) is 10.8 Å². The van der Waals surface area contributed by atoms with Crippen molar-refractivity contribution in [2.24, 2.45) is 10.8 Å². The molecule has 0 aromatic rings. The topological polar surface area (TPSA) is 37.3 Å². The third kappa shape index (κ3) is 1.65. The van der Waals surface area contributed by atoms with Gasteiger partial charge >= 0.3 is 0 Å². The van der Waals surface area contributed by atoms with E-state index in [0.717, 1.165) is 5.57 Å². The van der Waals surface area contributed by atoms with Crippen molar-refractivity contribution in [3.63, 3.8) is 0 Å². The van der Waals surface area contributed by atoms with E-state index in [1.165, 1.54) is 0 Å². The molecule has 15 heavy (non-hydrogen) atoms. The summed E-state index contributed by atoms with van der Waals surface area (Å²) in [7, 11) is 0. The summed E-state index contributed by atoms with van der Waals surface area (Å²) >= 11 is 0. The van der Waals surface area contributed by atoms with Gasteiger partial charge in [0, 0.05) is 11.8 Å². The Morgan fingerprint density at radius 3 is 2.13 bits per heavy atom. The predicted molar refractivity (Wildman–Crippen MR) is 61.6 cm³/mol. The van der Waals surface area contributed by atoms with E-state index in [4.69, 9.17) is 0 Å². The lowest BCUT2D eigenvalue weighted by atomic mass is 9.55. The molecule has 1 rings (SSSR count). The second-order valence-electron chi connectivity index (χ2n) is 6.31. The molecule has 1 aliphatic carbocycles. The minimum atomic E-state index is -0.909. The molecule has 86 valence electrons. The maximum Gasteiger partial charge on any atom is 0.156 e. The average molecular weight is 210 g/mol. The predicted octanol–water partition coefficient (Wildman–Crippen LogP) is 2.71. The van der Waals surface area contributed by atoms with E-state index in [1.807, 2.05) is 41.5 Å². The Kier molecular flexibility index (Phi) is 2.64. The quantitative estimate of drug-likeness (QED) is 0.667. The summed E-state index contributed by atoms with van der Waals surface area (Å²) in [6.45, 7) is 11.8. The van der Waals surface area contributed by atoms with Crippen molar-refractivity contribution >= 4 is 5.78 Å². The van der Waals surface area contributed by atoms with Crippen LogP contribution in [0.15, 0.2) is 11.6 Å². The van der Waals surface area contributed by atoms with Crippen LogP contribution in [-0.2, 0) is 4.79 Å². The summed E-state index contributed by atoms with van der Waals surface area (Å²) in [6, 6.07) is 0. The highest BCUT2D eigenvalue weighted by atomic mass is 16.3. The Bertz CT molecular complexity index is 318. The number of aliphatic hydroxyl groups is 1. The molecular weight excluding hydrogens is 188 g/mol. The van der Waals surface area contributed by atoms with Gasteiger partial charge in [-0.1, -0.05) is 34.6 Å². The minimum Gasteiger partial charge on any atom is -0.384 e. The number of hydrogen-bond donors (Lipinski definition) is 1. The average Bonchev–Trinajstić information content (AvgIpc) is 1.96. The normalized spacial score (nSPS) is 31.4. The molecule has 0 heterocycles. The molecule has 0 aliphatic heterocycles. The molecule has 1 atom stereocenters. The van der Waals surface area contributed by atoms with Gasteiger partial charge in [0.05, 0.1) is 5.60 Å². The second kappa shape index (κ2) is 3.18. The summed E-state index contributed by atoms with van der Waals surface area (Å²) < 4.78 is 0. The van der Waals surface area contributed by atoms with Gasteiger partial charge in [-0.2, -0.15) is 0 Å². The van der Waals surface area contributed by atoms with Crippen LogP contribution >= 0.6 is 0 Å². The van der Waals surface area contributed by atoms with Crippen LogP contribution in [-0.4, -0.2) is 16.5 Å². The van der Waals surface area contributed by atoms with Crippen LogP contribution in [0.2, 0.25) is 0 Å². The van der Waals surface area contributed by atoms with Crippen molar-refractivity contribution in [3.8, 4) is 0 Å². The van der Waals surface area contributed by atoms with E-state index in [2.05, 4.69) is 0 Å². The van der Waals surface area contributed by atoms with E-state index in [0.29, 0.717) is 6.42 Å². The van der Waals surface area contributed by atoms with Gasteiger partial charge in [-0.25, -0.2) is 0 Å². The molecule has 0 radical (unpaired) electrons. The number of carbonyl (C=O) groups is 1. The van der Waals surface area contributed by atoms with Crippen molar-refractivity contribution in [1.82, 2.24) is 0 Å². The van der Waals surface area contributed by atoms with Gasteiger partial charge < -0.3 is 5.11 Å². The first-order valence-corrected chi connectivity index (χ1v) is 5.46. The highest BCUT2D eigenvalue weighted by Gasteiger charge is 2.55. The monoisotopic (exact) mass is 210 g/mol. The van der Waals surface area contributed by atoms with E-state index < -0.39 is 11.0 Å². The van der Waals surface area contributed by atoms with Gasteiger partial charge in [0.15, 0.2) is 5.78 Å². The van der Waals surface area contributed by atoms with Crippen molar-refractivity contribution in [3.05, 3.63) is 11.6 Å². The number of ketones is 1. The van der Waals surface area contributed by atoms with E-state index >= 15 is 0 Å². The summed E-state index contributed by atoms with van der Waals surface area (Å²) in [5.41, 5.74) is -0.788. The SMILES string of the molecule is CC1=CC(=O)CC(C)(C)C1(O)C(C)(C)C. The molecule has 1 aliphatic rings. The molecule has 0 aromatic carbocycles. The maximum absolute atomic E-state index is 11.5. The second-order valence-corrected chi connectivity index (χ2v) is 6.31. The highest BCUT2D eigenvalue weighted by Crippen LogP contribution is 2.52. The third-order valence-electron chi connectivity index (χ3n) is 3.63. The summed E-state index contributed by atoms with van der Waals surface area (Å²) in [6.07, 6.45) is 2.01. The summed E-state index contributed by atoms with van der Waals surface area (Å²) in [4.78, 5) is 11.5. The molecule has 2 heteroatoms. The van der Waals surface area contributed by atoms with Gasteiger partial charge in [-0.15, -0.1) is 0 Å². The Hall–Kier alpha value is -0.630. The first-order chi connectivity index (χ1) is 6.52. The van der Waals surface area contributed by atoms with Crippen molar-refractivity contribution < 1.29 is 9.90 Å². The van der Waals surface area contributed by atoms with E-state index in [9.17, 15) is 9.90 Å². The van der Waals surface area contributed by atoms with Crippen LogP contribution in [0.4, 0.5) is 0 Å². The molecule has 0 bridgehead atoms. The zero-order valence-corrected chi connectivity index (χ0v) is 10.6. The Labute approximate surface area is 92.4 Å². The van der Waals surface area contributed by atoms with Gasteiger partial charge in [0.25, 0.3) is 0 Å². The van der Waals surface area contributed by atoms with E-state index in [1.54, 1.807) is 6.08 Å². The molecular formula is C13H22O2. The lowest BCUT2D eigenvalue weighted by molar-refractivity contribution is -0.140. The van der Waals surface area contributed by atoms with Crippen molar-refractivity contribution in [2.45, 2.75) is 53.6 Å². The van der Waals surface area contributed by atoms with E-state index in [-0.39, 0.29) is 11.2 Å². The van der Waals surface area contributed by atoms with Crippen LogP contribution in [0.1, 0.15) is 48.0 Å². The smallest absolute Gasteiger partial charge is 0.156 e. The fourth-order valence-electron chi connectivity index (χ4n) is 3.10. The standard InChI is InChI=1S/C13H22O2/c1-9-7-10(14)8-12(5,6)13(9,15)11(2,3)4/h7,15H,8H2,1-6H3. The van der Waals surface area contributed by atoms with Crippen molar-refractivity contribution in [1.29, 1.82) is 0 Å². The molecule has 0 fully saturated rings. The van der Waals surface area contributed by atoms with Gasteiger partial charge in [0.2, 0.25) is 0 Å². The van der Waals surface area contributed by atoms with Crippen LogP contribution in [0.25, 0.3) is 0 Å². The zero-order valence-electron chi connectivity index (χ0n) is 10.6.